The van der Waals surface area contributed by atoms with Gasteiger partial charge in [0.05, 0.1) is 11.9 Å². The molecular formula is C12H24N2O3S. The van der Waals surface area contributed by atoms with Crippen LogP contribution in [0.2, 0.25) is 0 Å². The summed E-state index contributed by atoms with van der Waals surface area (Å²) < 4.78 is 31.8. The Labute approximate surface area is 110 Å². The van der Waals surface area contributed by atoms with Crippen LogP contribution in [0.3, 0.4) is 0 Å². The summed E-state index contributed by atoms with van der Waals surface area (Å²) in [5.74, 6) is 0.223. The van der Waals surface area contributed by atoms with Gasteiger partial charge in [0.25, 0.3) is 0 Å². The SMILES string of the molecule is COC1CCC(NS(=O)(=O)CCCNC2CC2)C1. The molecule has 2 aliphatic rings. The van der Waals surface area contributed by atoms with Crippen molar-refractivity contribution in [2.24, 2.45) is 0 Å². The summed E-state index contributed by atoms with van der Waals surface area (Å²) in [5.41, 5.74) is 0. The Morgan fingerprint density at radius 2 is 1.89 bits per heavy atom. The Bertz CT molecular complexity index is 354. The van der Waals surface area contributed by atoms with E-state index in [1.807, 2.05) is 0 Å². The predicted octanol–water partition coefficient (Wildman–Crippen LogP) is 0.615. The molecule has 5 nitrogen and oxygen atoms in total. The molecule has 106 valence electrons. The van der Waals surface area contributed by atoms with Crippen LogP contribution in [0.25, 0.3) is 0 Å². The van der Waals surface area contributed by atoms with E-state index in [2.05, 4.69) is 10.0 Å². The fraction of sp³-hybridized carbons (Fsp3) is 1.00. The van der Waals surface area contributed by atoms with Crippen LogP contribution in [0, 0.1) is 0 Å². The third-order valence-corrected chi connectivity index (χ3v) is 5.18. The van der Waals surface area contributed by atoms with E-state index in [9.17, 15) is 8.42 Å². The predicted molar refractivity (Wildman–Crippen MR) is 71.0 cm³/mol. The molecule has 0 bridgehead atoms. The minimum absolute atomic E-state index is 0.0661. The number of sulfonamides is 1. The lowest BCUT2D eigenvalue weighted by atomic mass is 10.3. The van der Waals surface area contributed by atoms with Gasteiger partial charge in [0, 0.05) is 19.2 Å². The highest BCUT2D eigenvalue weighted by molar-refractivity contribution is 7.89. The molecule has 2 atom stereocenters. The second-order valence-corrected chi connectivity index (χ2v) is 7.26. The van der Waals surface area contributed by atoms with Crippen LogP contribution in [0.15, 0.2) is 0 Å². The maximum atomic E-state index is 11.9. The van der Waals surface area contributed by atoms with E-state index in [-0.39, 0.29) is 17.9 Å². The molecule has 2 aliphatic carbocycles. The van der Waals surface area contributed by atoms with Crippen LogP contribution in [0.5, 0.6) is 0 Å². The van der Waals surface area contributed by atoms with Gasteiger partial charge in [-0.15, -0.1) is 0 Å². The molecule has 0 aliphatic heterocycles. The molecule has 0 aromatic heterocycles. The van der Waals surface area contributed by atoms with Gasteiger partial charge in [-0.1, -0.05) is 0 Å². The van der Waals surface area contributed by atoms with Crippen molar-refractivity contribution >= 4 is 10.0 Å². The summed E-state index contributed by atoms with van der Waals surface area (Å²) in [6.07, 6.45) is 6.03. The third-order valence-electron chi connectivity index (χ3n) is 3.66. The summed E-state index contributed by atoms with van der Waals surface area (Å²) in [6.45, 7) is 0.803. The summed E-state index contributed by atoms with van der Waals surface area (Å²) >= 11 is 0. The molecule has 2 rings (SSSR count). The van der Waals surface area contributed by atoms with Gasteiger partial charge in [0.2, 0.25) is 10.0 Å². The fourth-order valence-corrected chi connectivity index (χ4v) is 3.79. The standard InChI is InChI=1S/C12H24N2O3S/c1-17-12-6-5-11(9-12)14-18(15,16)8-2-7-13-10-3-4-10/h10-14H,2-9H2,1H3. The zero-order valence-corrected chi connectivity index (χ0v) is 11.8. The van der Waals surface area contributed by atoms with Crippen molar-refractivity contribution in [1.29, 1.82) is 0 Å². The van der Waals surface area contributed by atoms with Gasteiger partial charge < -0.3 is 10.1 Å². The van der Waals surface area contributed by atoms with E-state index >= 15 is 0 Å². The number of methoxy groups -OCH3 is 1. The minimum Gasteiger partial charge on any atom is -0.381 e. The molecule has 2 saturated carbocycles. The van der Waals surface area contributed by atoms with E-state index in [1.165, 1.54) is 12.8 Å². The van der Waals surface area contributed by atoms with Gasteiger partial charge in [0.1, 0.15) is 0 Å². The lowest BCUT2D eigenvalue weighted by Crippen LogP contribution is -2.36. The molecule has 0 aromatic carbocycles. The average Bonchev–Trinajstić information content (AvgIpc) is 3.04. The van der Waals surface area contributed by atoms with Gasteiger partial charge in [-0.3, -0.25) is 0 Å². The van der Waals surface area contributed by atoms with Crippen LogP contribution in [0.1, 0.15) is 38.5 Å². The number of rotatable bonds is 8. The van der Waals surface area contributed by atoms with E-state index in [4.69, 9.17) is 4.74 Å². The molecule has 2 N–H and O–H groups in total. The first kappa shape index (κ1) is 14.2. The van der Waals surface area contributed by atoms with Crippen LogP contribution in [0.4, 0.5) is 0 Å². The van der Waals surface area contributed by atoms with Crippen molar-refractivity contribution < 1.29 is 13.2 Å². The van der Waals surface area contributed by atoms with E-state index in [0.29, 0.717) is 12.5 Å². The molecule has 0 spiro atoms. The van der Waals surface area contributed by atoms with Crippen molar-refractivity contribution in [3.8, 4) is 0 Å². The van der Waals surface area contributed by atoms with Gasteiger partial charge in [-0.2, -0.15) is 0 Å². The molecule has 2 unspecified atom stereocenters. The Hall–Kier alpha value is -0.170. The number of nitrogens with one attached hydrogen (secondary N) is 2. The average molecular weight is 276 g/mol. The normalized spacial score (nSPS) is 28.7. The van der Waals surface area contributed by atoms with E-state index in [0.717, 1.165) is 25.8 Å². The lowest BCUT2D eigenvalue weighted by Gasteiger charge is -2.13. The van der Waals surface area contributed by atoms with Gasteiger partial charge >= 0.3 is 0 Å². The highest BCUT2D eigenvalue weighted by Gasteiger charge is 2.27. The Morgan fingerprint density at radius 1 is 1.17 bits per heavy atom. The molecular weight excluding hydrogens is 252 g/mol. The summed E-state index contributed by atoms with van der Waals surface area (Å²) in [7, 11) is -1.43. The maximum absolute atomic E-state index is 11.9. The first-order chi connectivity index (χ1) is 8.59. The molecule has 18 heavy (non-hydrogen) atoms. The molecule has 0 aromatic rings. The third kappa shape index (κ3) is 4.84. The second-order valence-electron chi connectivity index (χ2n) is 5.39. The van der Waals surface area contributed by atoms with Crippen LogP contribution in [-0.4, -0.2) is 46.0 Å². The van der Waals surface area contributed by atoms with Crippen molar-refractivity contribution in [3.63, 3.8) is 0 Å². The molecule has 0 heterocycles. The molecule has 2 fully saturated rings. The number of hydrogen-bond donors (Lipinski definition) is 2. The molecule has 0 saturated heterocycles. The van der Waals surface area contributed by atoms with E-state index < -0.39 is 10.0 Å². The quantitative estimate of drug-likeness (QED) is 0.638. The Morgan fingerprint density at radius 3 is 2.50 bits per heavy atom. The van der Waals surface area contributed by atoms with Gasteiger partial charge in [0.15, 0.2) is 0 Å². The van der Waals surface area contributed by atoms with Crippen LogP contribution in [-0.2, 0) is 14.8 Å². The summed E-state index contributed by atoms with van der Waals surface area (Å²) in [5, 5.41) is 3.33. The Balaban J connectivity index is 1.63. The monoisotopic (exact) mass is 276 g/mol. The zero-order chi connectivity index (χ0) is 13.0. The number of ether oxygens (including phenoxy) is 1. The highest BCUT2D eigenvalue weighted by atomic mass is 32.2. The van der Waals surface area contributed by atoms with Crippen molar-refractivity contribution in [2.45, 2.75) is 56.7 Å². The Kier molecular flexibility index (Phi) is 5.00. The topological polar surface area (TPSA) is 67.4 Å². The van der Waals surface area contributed by atoms with Gasteiger partial charge in [-0.25, -0.2) is 13.1 Å². The summed E-state index contributed by atoms with van der Waals surface area (Å²) in [6, 6.07) is 0.717. The first-order valence-corrected chi connectivity index (χ1v) is 8.50. The minimum atomic E-state index is -3.12. The van der Waals surface area contributed by atoms with Gasteiger partial charge in [-0.05, 0) is 45.1 Å². The number of hydrogen-bond acceptors (Lipinski definition) is 4. The highest BCUT2D eigenvalue weighted by Crippen LogP contribution is 2.22. The zero-order valence-electron chi connectivity index (χ0n) is 11.0. The molecule has 0 radical (unpaired) electrons. The van der Waals surface area contributed by atoms with Crippen molar-refractivity contribution in [3.05, 3.63) is 0 Å². The largest absolute Gasteiger partial charge is 0.381 e. The summed E-state index contributed by atoms with van der Waals surface area (Å²) in [4.78, 5) is 0. The fourth-order valence-electron chi connectivity index (χ4n) is 2.43. The second kappa shape index (κ2) is 6.32. The molecule has 6 heteroatoms. The molecule has 0 amide bonds. The van der Waals surface area contributed by atoms with Crippen LogP contribution >= 0.6 is 0 Å². The van der Waals surface area contributed by atoms with Crippen LogP contribution < -0.4 is 10.0 Å². The maximum Gasteiger partial charge on any atom is 0.211 e. The van der Waals surface area contributed by atoms with E-state index in [1.54, 1.807) is 7.11 Å². The smallest absolute Gasteiger partial charge is 0.211 e. The van der Waals surface area contributed by atoms with Crippen molar-refractivity contribution in [2.75, 3.05) is 19.4 Å². The lowest BCUT2D eigenvalue weighted by molar-refractivity contribution is 0.107. The van der Waals surface area contributed by atoms with Crippen molar-refractivity contribution in [1.82, 2.24) is 10.0 Å². The first-order valence-electron chi connectivity index (χ1n) is 6.85.